The fraction of sp³-hybridized carbons (Fsp3) is 0.667. The Morgan fingerprint density at radius 3 is 2.14 bits per heavy atom. The van der Waals surface area contributed by atoms with Crippen molar-refractivity contribution in [1.29, 1.82) is 0 Å². The maximum absolute atomic E-state index is 11.3. The van der Waals surface area contributed by atoms with Gasteiger partial charge in [0.1, 0.15) is 0 Å². The lowest BCUT2D eigenvalue weighted by Crippen LogP contribution is -2.30. The Kier molecular flexibility index (Phi) is 2.88. The summed E-state index contributed by atoms with van der Waals surface area (Å²) in [5, 5.41) is 0. The van der Waals surface area contributed by atoms with E-state index in [4.69, 9.17) is 4.74 Å². The molecule has 0 aromatic carbocycles. The van der Waals surface area contributed by atoms with Gasteiger partial charge in [0.05, 0.1) is 6.61 Å². The van der Waals surface area contributed by atoms with Crippen LogP contribution >= 0.6 is 0 Å². The van der Waals surface area contributed by atoms with Gasteiger partial charge in [-0.05, 0) is 19.8 Å². The van der Waals surface area contributed by atoms with Gasteiger partial charge in [-0.15, -0.1) is 0 Å². The molecule has 0 heterocycles. The third kappa shape index (κ3) is 1.92. The molecule has 5 heteroatoms. The van der Waals surface area contributed by atoms with E-state index in [0.29, 0.717) is 12.8 Å². The first-order chi connectivity index (χ1) is 6.53. The van der Waals surface area contributed by atoms with Crippen molar-refractivity contribution in [2.24, 2.45) is 5.41 Å². The van der Waals surface area contributed by atoms with E-state index < -0.39 is 23.3 Å². The van der Waals surface area contributed by atoms with Crippen LogP contribution in [0.25, 0.3) is 0 Å². The highest BCUT2D eigenvalue weighted by molar-refractivity contribution is 6.05. The Hall–Kier alpha value is -1.39. The number of carbonyl (C=O) groups is 3. The molecule has 1 aliphatic rings. The van der Waals surface area contributed by atoms with Crippen molar-refractivity contribution in [2.75, 3.05) is 6.61 Å². The summed E-state index contributed by atoms with van der Waals surface area (Å²) in [5.74, 6) is -2.08. The van der Waals surface area contributed by atoms with Crippen LogP contribution in [0.15, 0.2) is 0 Å². The van der Waals surface area contributed by atoms with E-state index in [1.807, 2.05) is 0 Å². The minimum absolute atomic E-state index is 0.216. The molecule has 0 spiro atoms. The summed E-state index contributed by atoms with van der Waals surface area (Å²) in [4.78, 5) is 33.1. The molecule has 14 heavy (non-hydrogen) atoms. The molecule has 1 saturated carbocycles. The quantitative estimate of drug-likeness (QED) is 0.487. The van der Waals surface area contributed by atoms with E-state index in [1.165, 1.54) is 0 Å². The summed E-state index contributed by atoms with van der Waals surface area (Å²) in [6, 6.07) is 0. The van der Waals surface area contributed by atoms with Crippen molar-refractivity contribution >= 4 is 17.9 Å². The number of hydrogen-bond acceptors (Lipinski definition) is 5. The fourth-order valence-electron chi connectivity index (χ4n) is 1.11. The second kappa shape index (κ2) is 3.77. The molecular formula is C9H12O5. The maximum Gasteiger partial charge on any atom is 0.331 e. The van der Waals surface area contributed by atoms with Gasteiger partial charge in [0, 0.05) is 6.92 Å². The summed E-state index contributed by atoms with van der Waals surface area (Å²) in [6.45, 7) is 3.00. The Morgan fingerprint density at radius 1 is 1.21 bits per heavy atom. The van der Waals surface area contributed by atoms with Crippen molar-refractivity contribution in [3.05, 3.63) is 0 Å². The van der Waals surface area contributed by atoms with Gasteiger partial charge in [0.25, 0.3) is 0 Å². The van der Waals surface area contributed by atoms with Gasteiger partial charge >= 0.3 is 17.9 Å². The second-order valence-corrected chi connectivity index (χ2v) is 3.18. The van der Waals surface area contributed by atoms with E-state index in [1.54, 1.807) is 6.92 Å². The van der Waals surface area contributed by atoms with Crippen LogP contribution in [-0.2, 0) is 23.9 Å². The van der Waals surface area contributed by atoms with E-state index in [-0.39, 0.29) is 6.61 Å². The van der Waals surface area contributed by atoms with Gasteiger partial charge in [0.2, 0.25) is 0 Å². The SMILES string of the molecule is CCOC(=O)C1(C(=O)OC(C)=O)CC1. The summed E-state index contributed by atoms with van der Waals surface area (Å²) in [6.07, 6.45) is 0.801. The molecule has 0 aliphatic heterocycles. The number of hydrogen-bond donors (Lipinski definition) is 0. The standard InChI is InChI=1S/C9H12O5/c1-3-13-7(11)9(4-5-9)8(12)14-6(2)10/h3-5H2,1-2H3. The average Bonchev–Trinajstić information content (AvgIpc) is 2.83. The lowest BCUT2D eigenvalue weighted by molar-refractivity contribution is -0.169. The first-order valence-corrected chi connectivity index (χ1v) is 4.43. The molecule has 0 unspecified atom stereocenters. The number of carbonyl (C=O) groups excluding carboxylic acids is 3. The molecule has 0 saturated heterocycles. The third-order valence-corrected chi connectivity index (χ3v) is 2.04. The Balaban J connectivity index is 2.61. The predicted octanol–water partition coefficient (Wildman–Crippen LogP) is 0.419. The molecule has 0 aromatic heterocycles. The van der Waals surface area contributed by atoms with Crippen molar-refractivity contribution in [3.8, 4) is 0 Å². The molecule has 0 bridgehead atoms. The van der Waals surface area contributed by atoms with E-state index in [2.05, 4.69) is 4.74 Å². The monoisotopic (exact) mass is 200 g/mol. The Labute approximate surface area is 81.4 Å². The number of ether oxygens (including phenoxy) is 2. The topological polar surface area (TPSA) is 69.7 Å². The molecule has 0 aromatic rings. The van der Waals surface area contributed by atoms with Crippen LogP contribution in [0.2, 0.25) is 0 Å². The summed E-state index contributed by atoms with van der Waals surface area (Å²) < 4.78 is 9.09. The summed E-state index contributed by atoms with van der Waals surface area (Å²) in [5.41, 5.74) is -1.19. The molecule has 5 nitrogen and oxygen atoms in total. The smallest absolute Gasteiger partial charge is 0.331 e. The van der Waals surface area contributed by atoms with Crippen LogP contribution in [-0.4, -0.2) is 24.5 Å². The van der Waals surface area contributed by atoms with Gasteiger partial charge in [-0.3, -0.25) is 14.4 Å². The van der Waals surface area contributed by atoms with Crippen molar-refractivity contribution in [3.63, 3.8) is 0 Å². The van der Waals surface area contributed by atoms with E-state index >= 15 is 0 Å². The van der Waals surface area contributed by atoms with Crippen molar-refractivity contribution in [2.45, 2.75) is 26.7 Å². The zero-order valence-corrected chi connectivity index (χ0v) is 8.16. The highest BCUT2D eigenvalue weighted by Gasteiger charge is 2.59. The third-order valence-electron chi connectivity index (χ3n) is 2.04. The van der Waals surface area contributed by atoms with Gasteiger partial charge in [0.15, 0.2) is 5.41 Å². The van der Waals surface area contributed by atoms with Crippen molar-refractivity contribution < 1.29 is 23.9 Å². The van der Waals surface area contributed by atoms with Crippen LogP contribution < -0.4 is 0 Å². The maximum atomic E-state index is 11.3. The van der Waals surface area contributed by atoms with Crippen LogP contribution in [0, 0.1) is 5.41 Å². The average molecular weight is 200 g/mol. The van der Waals surface area contributed by atoms with Gasteiger partial charge in [-0.2, -0.15) is 0 Å². The highest BCUT2D eigenvalue weighted by Crippen LogP contribution is 2.47. The van der Waals surface area contributed by atoms with Crippen LogP contribution in [0.4, 0.5) is 0 Å². The predicted molar refractivity (Wildman–Crippen MR) is 45.1 cm³/mol. The molecule has 78 valence electrons. The first-order valence-electron chi connectivity index (χ1n) is 4.43. The minimum atomic E-state index is -1.19. The fourth-order valence-corrected chi connectivity index (χ4v) is 1.11. The second-order valence-electron chi connectivity index (χ2n) is 3.18. The molecule has 0 radical (unpaired) electrons. The summed E-state index contributed by atoms with van der Waals surface area (Å²) in [7, 11) is 0. The zero-order chi connectivity index (χ0) is 10.8. The number of rotatable bonds is 3. The van der Waals surface area contributed by atoms with E-state index in [0.717, 1.165) is 6.92 Å². The van der Waals surface area contributed by atoms with Crippen molar-refractivity contribution in [1.82, 2.24) is 0 Å². The molecular weight excluding hydrogens is 188 g/mol. The van der Waals surface area contributed by atoms with E-state index in [9.17, 15) is 14.4 Å². The first kappa shape index (κ1) is 10.7. The lowest BCUT2D eigenvalue weighted by Gasteiger charge is -2.10. The summed E-state index contributed by atoms with van der Waals surface area (Å²) >= 11 is 0. The van der Waals surface area contributed by atoms with Gasteiger partial charge < -0.3 is 9.47 Å². The Morgan fingerprint density at radius 2 is 1.79 bits per heavy atom. The largest absolute Gasteiger partial charge is 0.465 e. The van der Waals surface area contributed by atoms with Gasteiger partial charge in [-0.25, -0.2) is 0 Å². The minimum Gasteiger partial charge on any atom is -0.465 e. The molecule has 0 amide bonds. The zero-order valence-electron chi connectivity index (χ0n) is 8.16. The Bertz CT molecular complexity index is 277. The highest BCUT2D eigenvalue weighted by atomic mass is 16.6. The van der Waals surface area contributed by atoms with Crippen LogP contribution in [0.5, 0.6) is 0 Å². The van der Waals surface area contributed by atoms with Crippen LogP contribution in [0.3, 0.4) is 0 Å². The number of esters is 3. The lowest BCUT2D eigenvalue weighted by atomic mass is 10.1. The molecule has 0 N–H and O–H groups in total. The van der Waals surface area contributed by atoms with Gasteiger partial charge in [-0.1, -0.05) is 0 Å². The molecule has 0 atom stereocenters. The molecule has 1 aliphatic carbocycles. The molecule has 1 fully saturated rings. The molecule has 1 rings (SSSR count). The van der Waals surface area contributed by atoms with Crippen LogP contribution in [0.1, 0.15) is 26.7 Å². The normalized spacial score (nSPS) is 17.0.